The Morgan fingerprint density at radius 2 is 2.24 bits per heavy atom. The van der Waals surface area contributed by atoms with Crippen LogP contribution >= 0.6 is 12.4 Å². The molecule has 3 aromatic rings. The first kappa shape index (κ1) is 11.5. The number of anilines is 1. The average molecular weight is 251 g/mol. The van der Waals surface area contributed by atoms with Crippen LogP contribution in [0.15, 0.2) is 41.4 Å². The molecule has 3 aromatic heterocycles. The van der Waals surface area contributed by atoms with Crippen molar-refractivity contribution in [2.45, 2.75) is 6.54 Å². The SMILES string of the molecule is Cl.c1coc(CNc2ncnc3[nH]ccc23)c1. The first-order valence-electron chi connectivity index (χ1n) is 4.98. The number of furan rings is 1. The topological polar surface area (TPSA) is 66.7 Å². The standard InChI is InChI=1S/C11H10N4O.ClH/c1-2-8(16-5-1)6-13-11-9-3-4-12-10(9)14-7-15-11;/h1-5,7H,6H2,(H2,12,13,14,15);1H. The fraction of sp³-hybridized carbons (Fsp3) is 0.0909. The van der Waals surface area contributed by atoms with Crippen molar-refractivity contribution < 1.29 is 4.42 Å². The minimum absolute atomic E-state index is 0. The summed E-state index contributed by atoms with van der Waals surface area (Å²) in [6.45, 7) is 0.615. The molecule has 0 aromatic carbocycles. The smallest absolute Gasteiger partial charge is 0.142 e. The predicted molar refractivity (Wildman–Crippen MR) is 67.2 cm³/mol. The average Bonchev–Trinajstić information content (AvgIpc) is 2.97. The Kier molecular flexibility index (Phi) is 3.30. The lowest BCUT2D eigenvalue weighted by molar-refractivity contribution is 0.518. The molecule has 0 unspecified atom stereocenters. The van der Waals surface area contributed by atoms with E-state index in [0.29, 0.717) is 6.54 Å². The molecule has 0 aliphatic carbocycles. The van der Waals surface area contributed by atoms with Crippen molar-refractivity contribution >= 4 is 29.3 Å². The third-order valence-corrected chi connectivity index (χ3v) is 2.36. The molecule has 3 rings (SSSR count). The Balaban J connectivity index is 0.00000108. The maximum absolute atomic E-state index is 5.24. The monoisotopic (exact) mass is 250 g/mol. The van der Waals surface area contributed by atoms with Gasteiger partial charge in [-0.25, -0.2) is 9.97 Å². The molecule has 88 valence electrons. The van der Waals surface area contributed by atoms with E-state index in [1.54, 1.807) is 6.26 Å². The number of hydrogen-bond donors (Lipinski definition) is 2. The van der Waals surface area contributed by atoms with Gasteiger partial charge in [0.2, 0.25) is 0 Å². The Morgan fingerprint density at radius 1 is 1.29 bits per heavy atom. The zero-order valence-corrected chi connectivity index (χ0v) is 9.70. The molecular weight excluding hydrogens is 240 g/mol. The first-order valence-corrected chi connectivity index (χ1v) is 4.98. The van der Waals surface area contributed by atoms with E-state index in [9.17, 15) is 0 Å². The number of nitrogens with one attached hydrogen (secondary N) is 2. The number of fused-ring (bicyclic) bond motifs is 1. The second-order valence-electron chi connectivity index (χ2n) is 3.40. The summed E-state index contributed by atoms with van der Waals surface area (Å²) in [5.41, 5.74) is 0.831. The van der Waals surface area contributed by atoms with E-state index in [-0.39, 0.29) is 12.4 Å². The number of hydrogen-bond acceptors (Lipinski definition) is 4. The minimum atomic E-state index is 0. The summed E-state index contributed by atoms with van der Waals surface area (Å²) in [5, 5.41) is 4.19. The zero-order chi connectivity index (χ0) is 10.8. The van der Waals surface area contributed by atoms with Crippen molar-refractivity contribution in [1.29, 1.82) is 0 Å². The predicted octanol–water partition coefficient (Wildman–Crippen LogP) is 2.58. The fourth-order valence-electron chi connectivity index (χ4n) is 1.60. The van der Waals surface area contributed by atoms with E-state index in [1.807, 2.05) is 24.4 Å². The van der Waals surface area contributed by atoms with E-state index in [2.05, 4.69) is 20.3 Å². The maximum atomic E-state index is 5.24. The molecule has 0 fully saturated rings. The summed E-state index contributed by atoms with van der Waals surface area (Å²) in [4.78, 5) is 11.3. The zero-order valence-electron chi connectivity index (χ0n) is 8.88. The van der Waals surface area contributed by atoms with Crippen molar-refractivity contribution in [2.75, 3.05) is 5.32 Å². The van der Waals surface area contributed by atoms with Gasteiger partial charge in [-0.3, -0.25) is 0 Å². The summed E-state index contributed by atoms with van der Waals surface area (Å²) in [7, 11) is 0. The minimum Gasteiger partial charge on any atom is -0.467 e. The van der Waals surface area contributed by atoms with Gasteiger partial charge in [0.1, 0.15) is 23.6 Å². The van der Waals surface area contributed by atoms with Crippen LogP contribution in [0.1, 0.15) is 5.76 Å². The van der Waals surface area contributed by atoms with E-state index < -0.39 is 0 Å². The lowest BCUT2D eigenvalue weighted by Crippen LogP contribution is -2.01. The molecule has 2 N–H and O–H groups in total. The van der Waals surface area contributed by atoms with Crippen molar-refractivity contribution in [3.05, 3.63) is 42.7 Å². The van der Waals surface area contributed by atoms with Crippen LogP contribution in [0, 0.1) is 0 Å². The number of rotatable bonds is 3. The molecule has 3 heterocycles. The molecule has 6 heteroatoms. The van der Waals surface area contributed by atoms with E-state index in [1.165, 1.54) is 6.33 Å². The van der Waals surface area contributed by atoms with Gasteiger partial charge in [0, 0.05) is 6.20 Å². The number of aromatic amines is 1. The number of nitrogens with zero attached hydrogens (tertiary/aromatic N) is 2. The normalized spacial score (nSPS) is 10.1. The van der Waals surface area contributed by atoms with E-state index in [0.717, 1.165) is 22.6 Å². The number of halogens is 1. The molecule has 0 aliphatic rings. The molecule has 0 bridgehead atoms. The van der Waals surface area contributed by atoms with Gasteiger partial charge >= 0.3 is 0 Å². The van der Waals surface area contributed by atoms with Gasteiger partial charge in [-0.1, -0.05) is 0 Å². The van der Waals surface area contributed by atoms with Gasteiger partial charge in [-0.2, -0.15) is 0 Å². The molecule has 0 amide bonds. The highest BCUT2D eigenvalue weighted by Gasteiger charge is 2.04. The van der Waals surface area contributed by atoms with Crippen molar-refractivity contribution in [3.63, 3.8) is 0 Å². The van der Waals surface area contributed by atoms with Gasteiger partial charge in [-0.15, -0.1) is 12.4 Å². The fourth-order valence-corrected chi connectivity index (χ4v) is 1.60. The Bertz CT molecular complexity index is 590. The van der Waals surface area contributed by atoms with Crippen molar-refractivity contribution in [1.82, 2.24) is 15.0 Å². The highest BCUT2D eigenvalue weighted by molar-refractivity contribution is 5.86. The lowest BCUT2D eigenvalue weighted by Gasteiger charge is -2.03. The first-order chi connectivity index (χ1) is 7.93. The Morgan fingerprint density at radius 3 is 3.06 bits per heavy atom. The number of aromatic nitrogens is 3. The molecule has 5 nitrogen and oxygen atoms in total. The van der Waals surface area contributed by atoms with Crippen molar-refractivity contribution in [2.24, 2.45) is 0 Å². The van der Waals surface area contributed by atoms with Gasteiger partial charge in [0.05, 0.1) is 18.2 Å². The van der Waals surface area contributed by atoms with Crippen LogP contribution in [0.5, 0.6) is 0 Å². The van der Waals surface area contributed by atoms with Crippen LogP contribution in [0.2, 0.25) is 0 Å². The molecule has 0 saturated heterocycles. The van der Waals surface area contributed by atoms with Gasteiger partial charge in [0.15, 0.2) is 0 Å². The third-order valence-electron chi connectivity index (χ3n) is 2.36. The summed E-state index contributed by atoms with van der Waals surface area (Å²) >= 11 is 0. The van der Waals surface area contributed by atoms with Gasteiger partial charge < -0.3 is 14.7 Å². The second-order valence-corrected chi connectivity index (χ2v) is 3.40. The van der Waals surface area contributed by atoms with Crippen molar-refractivity contribution in [3.8, 4) is 0 Å². The Labute approximate surface area is 104 Å². The molecule has 0 radical (unpaired) electrons. The van der Waals surface area contributed by atoms with Crippen LogP contribution in [-0.4, -0.2) is 15.0 Å². The van der Waals surface area contributed by atoms with Gasteiger partial charge in [0.25, 0.3) is 0 Å². The summed E-state index contributed by atoms with van der Waals surface area (Å²) in [6.07, 6.45) is 5.03. The molecule has 0 spiro atoms. The summed E-state index contributed by atoms with van der Waals surface area (Å²) in [5.74, 6) is 1.69. The van der Waals surface area contributed by atoms with E-state index in [4.69, 9.17) is 4.42 Å². The molecule has 17 heavy (non-hydrogen) atoms. The highest BCUT2D eigenvalue weighted by Crippen LogP contribution is 2.18. The second kappa shape index (κ2) is 4.88. The lowest BCUT2D eigenvalue weighted by atomic mass is 10.3. The van der Waals surface area contributed by atoms with Crippen LogP contribution in [-0.2, 0) is 6.54 Å². The summed E-state index contributed by atoms with van der Waals surface area (Å²) in [6, 6.07) is 5.73. The van der Waals surface area contributed by atoms with Crippen LogP contribution in [0.4, 0.5) is 5.82 Å². The third kappa shape index (κ3) is 2.24. The maximum Gasteiger partial charge on any atom is 0.142 e. The van der Waals surface area contributed by atoms with Gasteiger partial charge in [-0.05, 0) is 18.2 Å². The number of H-pyrrole nitrogens is 1. The molecule has 0 atom stereocenters. The molecular formula is C11H11ClN4O. The van der Waals surface area contributed by atoms with Crippen LogP contribution in [0.25, 0.3) is 11.0 Å². The van der Waals surface area contributed by atoms with E-state index >= 15 is 0 Å². The highest BCUT2D eigenvalue weighted by atomic mass is 35.5. The molecule has 0 saturated carbocycles. The Hall–Kier alpha value is -2.01. The largest absolute Gasteiger partial charge is 0.467 e. The summed E-state index contributed by atoms with van der Waals surface area (Å²) < 4.78 is 5.24. The van der Waals surface area contributed by atoms with Crippen LogP contribution < -0.4 is 5.32 Å². The van der Waals surface area contributed by atoms with Crippen LogP contribution in [0.3, 0.4) is 0 Å². The molecule has 0 aliphatic heterocycles. The quantitative estimate of drug-likeness (QED) is 0.750.